The molecule has 0 aliphatic rings. The average molecular weight is 271 g/mol. The molecule has 2 N–H and O–H groups in total. The van der Waals surface area contributed by atoms with Crippen LogP contribution in [0.1, 0.15) is 32.2 Å². The first-order chi connectivity index (χ1) is 9.31. The fourth-order valence-electron chi connectivity index (χ4n) is 1.96. The second-order valence-corrected chi connectivity index (χ2v) is 5.96. The van der Waals surface area contributed by atoms with Crippen molar-refractivity contribution in [2.75, 3.05) is 12.8 Å². The second kappa shape index (κ2) is 5.12. The molecule has 2 aromatic rings. The molecular formula is C16H21N3O. The van der Waals surface area contributed by atoms with Gasteiger partial charge >= 0.3 is 0 Å². The van der Waals surface area contributed by atoms with Gasteiger partial charge in [-0.05, 0) is 19.1 Å². The van der Waals surface area contributed by atoms with E-state index in [9.17, 15) is 0 Å². The normalized spacial score (nSPS) is 11.4. The molecule has 0 bridgehead atoms. The highest BCUT2D eigenvalue weighted by atomic mass is 16.5. The maximum absolute atomic E-state index is 5.93. The topological polar surface area (TPSA) is 61.0 Å². The lowest BCUT2D eigenvalue weighted by Crippen LogP contribution is -2.17. The number of methoxy groups -OCH3 is 1. The van der Waals surface area contributed by atoms with Crippen molar-refractivity contribution < 1.29 is 4.74 Å². The molecule has 20 heavy (non-hydrogen) atoms. The summed E-state index contributed by atoms with van der Waals surface area (Å²) in [6, 6.07) is 7.79. The van der Waals surface area contributed by atoms with Crippen LogP contribution in [-0.2, 0) is 5.41 Å². The molecule has 2 rings (SSSR count). The zero-order valence-electron chi connectivity index (χ0n) is 12.7. The highest BCUT2D eigenvalue weighted by Gasteiger charge is 2.20. The highest BCUT2D eigenvalue weighted by Crippen LogP contribution is 2.31. The third-order valence-corrected chi connectivity index (χ3v) is 3.05. The zero-order valence-corrected chi connectivity index (χ0v) is 12.7. The maximum atomic E-state index is 5.93. The molecular weight excluding hydrogens is 250 g/mol. The summed E-state index contributed by atoms with van der Waals surface area (Å²) in [4.78, 5) is 8.99. The number of nitrogens with zero attached hydrogens (tertiary/aromatic N) is 2. The van der Waals surface area contributed by atoms with Crippen LogP contribution < -0.4 is 10.5 Å². The molecule has 0 amide bonds. The maximum Gasteiger partial charge on any atom is 0.136 e. The summed E-state index contributed by atoms with van der Waals surface area (Å²) in [5, 5.41) is 0. The first kappa shape index (κ1) is 14.3. The van der Waals surface area contributed by atoms with Gasteiger partial charge in [0.05, 0.1) is 12.8 Å². The number of benzene rings is 1. The minimum absolute atomic E-state index is 0.152. The molecule has 1 aromatic heterocycles. The fraction of sp³-hybridized carbons (Fsp3) is 0.375. The van der Waals surface area contributed by atoms with Gasteiger partial charge in [-0.2, -0.15) is 0 Å². The van der Waals surface area contributed by atoms with Crippen LogP contribution in [-0.4, -0.2) is 17.1 Å². The van der Waals surface area contributed by atoms with Crippen LogP contribution in [0.4, 0.5) is 5.82 Å². The van der Waals surface area contributed by atoms with Crippen molar-refractivity contribution in [3.8, 4) is 17.0 Å². The lowest BCUT2D eigenvalue weighted by Gasteiger charge is -2.18. The molecule has 0 saturated carbocycles. The van der Waals surface area contributed by atoms with E-state index in [0.717, 1.165) is 28.4 Å². The Morgan fingerprint density at radius 2 is 1.80 bits per heavy atom. The van der Waals surface area contributed by atoms with Gasteiger partial charge in [-0.15, -0.1) is 0 Å². The number of nitrogens with two attached hydrogens (primary N) is 1. The summed E-state index contributed by atoms with van der Waals surface area (Å²) < 4.78 is 5.42. The molecule has 0 aliphatic carbocycles. The molecule has 1 heterocycles. The van der Waals surface area contributed by atoms with Gasteiger partial charge in [0, 0.05) is 17.0 Å². The Kier molecular flexibility index (Phi) is 3.66. The Morgan fingerprint density at radius 3 is 2.40 bits per heavy atom. The van der Waals surface area contributed by atoms with Crippen LogP contribution in [0, 0.1) is 6.92 Å². The van der Waals surface area contributed by atoms with Crippen LogP contribution in [0.2, 0.25) is 0 Å². The lowest BCUT2D eigenvalue weighted by atomic mass is 9.95. The summed E-state index contributed by atoms with van der Waals surface area (Å²) in [6.07, 6.45) is 0. The fourth-order valence-corrected chi connectivity index (χ4v) is 1.96. The number of anilines is 1. The van der Waals surface area contributed by atoms with Gasteiger partial charge in [0.2, 0.25) is 0 Å². The third-order valence-electron chi connectivity index (χ3n) is 3.05. The molecule has 0 unspecified atom stereocenters. The lowest BCUT2D eigenvalue weighted by molar-refractivity contribution is 0.416. The minimum Gasteiger partial charge on any atom is -0.496 e. The number of hydrogen-bond donors (Lipinski definition) is 1. The Morgan fingerprint density at radius 1 is 1.10 bits per heavy atom. The number of aromatic nitrogens is 2. The number of aryl methyl sites for hydroxylation is 1. The molecule has 4 heteroatoms. The Balaban J connectivity index is 2.64. The van der Waals surface area contributed by atoms with Crippen molar-refractivity contribution in [2.45, 2.75) is 33.1 Å². The van der Waals surface area contributed by atoms with Crippen LogP contribution in [0.3, 0.4) is 0 Å². The molecule has 0 fully saturated rings. The third kappa shape index (κ3) is 2.90. The number of ether oxygens (including phenoxy) is 1. The summed E-state index contributed by atoms with van der Waals surface area (Å²) in [5.41, 5.74) is 8.66. The average Bonchev–Trinajstić information content (AvgIpc) is 2.37. The molecule has 0 saturated heterocycles. The standard InChI is InChI=1S/C16H21N3O/c1-10-6-7-13(20-5)11(8-10)12-9-14(17)19-15(18-12)16(2,3)4/h6-9H,1-5H3,(H2,17,18,19). The van der Waals surface area contributed by atoms with Crippen LogP contribution in [0.15, 0.2) is 24.3 Å². The first-order valence-electron chi connectivity index (χ1n) is 6.61. The van der Waals surface area contributed by atoms with E-state index in [1.807, 2.05) is 25.1 Å². The first-order valence-corrected chi connectivity index (χ1v) is 6.61. The summed E-state index contributed by atoms with van der Waals surface area (Å²) in [5.74, 6) is 1.99. The van der Waals surface area contributed by atoms with Crippen molar-refractivity contribution >= 4 is 5.82 Å². The molecule has 0 atom stereocenters. The molecule has 0 aliphatic heterocycles. The summed E-state index contributed by atoms with van der Waals surface area (Å²) in [6.45, 7) is 8.25. The van der Waals surface area contributed by atoms with Crippen molar-refractivity contribution in [2.24, 2.45) is 0 Å². The Bertz CT molecular complexity index is 630. The van der Waals surface area contributed by atoms with Crippen molar-refractivity contribution in [1.82, 2.24) is 9.97 Å². The van der Waals surface area contributed by atoms with Gasteiger partial charge in [-0.3, -0.25) is 0 Å². The number of nitrogen functional groups attached to an aromatic ring is 1. The van der Waals surface area contributed by atoms with E-state index < -0.39 is 0 Å². The predicted molar refractivity (Wildman–Crippen MR) is 81.9 cm³/mol. The molecule has 0 radical (unpaired) electrons. The van der Waals surface area contributed by atoms with Crippen LogP contribution in [0.25, 0.3) is 11.3 Å². The van der Waals surface area contributed by atoms with Gasteiger partial charge in [0.1, 0.15) is 17.4 Å². The molecule has 4 nitrogen and oxygen atoms in total. The highest BCUT2D eigenvalue weighted by molar-refractivity contribution is 5.69. The van der Waals surface area contributed by atoms with Crippen LogP contribution >= 0.6 is 0 Å². The van der Waals surface area contributed by atoms with Gasteiger partial charge in [-0.1, -0.05) is 32.4 Å². The van der Waals surface area contributed by atoms with E-state index in [0.29, 0.717) is 5.82 Å². The van der Waals surface area contributed by atoms with Gasteiger partial charge in [-0.25, -0.2) is 9.97 Å². The monoisotopic (exact) mass is 271 g/mol. The van der Waals surface area contributed by atoms with E-state index >= 15 is 0 Å². The van der Waals surface area contributed by atoms with E-state index in [-0.39, 0.29) is 5.41 Å². The van der Waals surface area contributed by atoms with Crippen molar-refractivity contribution in [1.29, 1.82) is 0 Å². The van der Waals surface area contributed by atoms with Gasteiger partial charge < -0.3 is 10.5 Å². The number of rotatable bonds is 2. The summed E-state index contributed by atoms with van der Waals surface area (Å²) in [7, 11) is 1.66. The summed E-state index contributed by atoms with van der Waals surface area (Å²) >= 11 is 0. The van der Waals surface area contributed by atoms with Gasteiger partial charge in [0.25, 0.3) is 0 Å². The second-order valence-electron chi connectivity index (χ2n) is 5.96. The zero-order chi connectivity index (χ0) is 14.9. The Hall–Kier alpha value is -2.10. The Labute approximate surface area is 120 Å². The smallest absolute Gasteiger partial charge is 0.136 e. The van der Waals surface area contributed by atoms with Crippen molar-refractivity contribution in [3.05, 3.63) is 35.7 Å². The molecule has 106 valence electrons. The predicted octanol–water partition coefficient (Wildman–Crippen LogP) is 3.34. The largest absolute Gasteiger partial charge is 0.496 e. The van der Waals surface area contributed by atoms with E-state index in [2.05, 4.69) is 30.7 Å². The molecule has 1 aromatic carbocycles. The molecule has 0 spiro atoms. The van der Waals surface area contributed by atoms with E-state index in [1.54, 1.807) is 13.2 Å². The van der Waals surface area contributed by atoms with E-state index in [1.165, 1.54) is 0 Å². The SMILES string of the molecule is COc1ccc(C)cc1-c1cc(N)nc(C(C)(C)C)n1. The quantitative estimate of drug-likeness (QED) is 0.910. The van der Waals surface area contributed by atoms with Crippen LogP contribution in [0.5, 0.6) is 5.75 Å². The van der Waals surface area contributed by atoms with Crippen molar-refractivity contribution in [3.63, 3.8) is 0 Å². The van der Waals surface area contributed by atoms with E-state index in [4.69, 9.17) is 10.5 Å². The number of hydrogen-bond acceptors (Lipinski definition) is 4. The van der Waals surface area contributed by atoms with Gasteiger partial charge in [0.15, 0.2) is 0 Å². The minimum atomic E-state index is -0.152.